The number of hydrogen-bond donors (Lipinski definition) is 1. The van der Waals surface area contributed by atoms with E-state index < -0.39 is 0 Å². The Morgan fingerprint density at radius 3 is 2.83 bits per heavy atom. The molecule has 1 heterocycles. The van der Waals surface area contributed by atoms with Crippen molar-refractivity contribution in [2.75, 3.05) is 0 Å². The Bertz CT molecular complexity index is 520. The Morgan fingerprint density at radius 2 is 2.11 bits per heavy atom. The fourth-order valence-electron chi connectivity index (χ4n) is 2.00. The molecule has 0 radical (unpaired) electrons. The molecule has 18 heavy (non-hydrogen) atoms. The zero-order valence-corrected chi connectivity index (χ0v) is 10.8. The highest BCUT2D eigenvalue weighted by Gasteiger charge is 2.03. The smallest absolute Gasteiger partial charge is 0.123 e. The maximum absolute atomic E-state index is 13.0. The highest BCUT2D eigenvalue weighted by Crippen LogP contribution is 2.06. The van der Waals surface area contributed by atoms with E-state index in [0.29, 0.717) is 6.54 Å². The van der Waals surface area contributed by atoms with Gasteiger partial charge >= 0.3 is 0 Å². The summed E-state index contributed by atoms with van der Waals surface area (Å²) in [5.41, 5.74) is 3.14. The molecular weight excluding hydrogens is 229 g/mol. The van der Waals surface area contributed by atoms with E-state index in [2.05, 4.69) is 23.4 Å². The van der Waals surface area contributed by atoms with Gasteiger partial charge in [-0.15, -0.1) is 0 Å². The third-order valence-corrected chi connectivity index (χ3v) is 2.81. The Balaban J connectivity index is 1.92. The number of nitrogens with zero attached hydrogens (tertiary/aromatic N) is 2. The third kappa shape index (κ3) is 3.17. The lowest BCUT2D eigenvalue weighted by Gasteiger charge is -2.07. The number of benzene rings is 1. The van der Waals surface area contributed by atoms with Crippen LogP contribution in [-0.2, 0) is 19.6 Å². The van der Waals surface area contributed by atoms with Gasteiger partial charge in [-0.1, -0.05) is 12.1 Å². The molecule has 96 valence electrons. The number of hydrogen-bond acceptors (Lipinski definition) is 2. The van der Waals surface area contributed by atoms with Gasteiger partial charge in [0.05, 0.1) is 11.4 Å². The second-order valence-electron chi connectivity index (χ2n) is 4.33. The monoisotopic (exact) mass is 247 g/mol. The molecule has 0 saturated carbocycles. The highest BCUT2D eigenvalue weighted by molar-refractivity contribution is 5.16. The van der Waals surface area contributed by atoms with E-state index in [1.165, 1.54) is 6.07 Å². The first-order valence-corrected chi connectivity index (χ1v) is 6.17. The normalized spacial score (nSPS) is 10.8. The van der Waals surface area contributed by atoms with Gasteiger partial charge in [0.25, 0.3) is 0 Å². The van der Waals surface area contributed by atoms with Crippen molar-refractivity contribution in [3.8, 4) is 0 Å². The van der Waals surface area contributed by atoms with Crippen LogP contribution in [0.5, 0.6) is 0 Å². The summed E-state index contributed by atoms with van der Waals surface area (Å²) in [7, 11) is 0. The van der Waals surface area contributed by atoms with Gasteiger partial charge in [-0.2, -0.15) is 5.10 Å². The summed E-state index contributed by atoms with van der Waals surface area (Å²) in [6.45, 7) is 6.33. The minimum atomic E-state index is -0.191. The summed E-state index contributed by atoms with van der Waals surface area (Å²) in [6.07, 6.45) is 0. The Labute approximate surface area is 107 Å². The van der Waals surface area contributed by atoms with Gasteiger partial charge in [0.2, 0.25) is 0 Å². The van der Waals surface area contributed by atoms with Crippen LogP contribution < -0.4 is 5.32 Å². The molecule has 2 rings (SSSR count). The molecule has 1 N–H and O–H groups in total. The Morgan fingerprint density at radius 1 is 1.28 bits per heavy atom. The van der Waals surface area contributed by atoms with Crippen molar-refractivity contribution in [3.63, 3.8) is 0 Å². The molecule has 2 aromatic rings. The molecule has 0 aliphatic rings. The molecule has 0 amide bonds. The molecule has 1 aromatic heterocycles. The maximum atomic E-state index is 13.0. The first kappa shape index (κ1) is 12.8. The summed E-state index contributed by atoms with van der Waals surface area (Å²) < 4.78 is 15.0. The Hall–Kier alpha value is -1.68. The molecule has 0 aliphatic carbocycles. The molecule has 1 aromatic carbocycles. The van der Waals surface area contributed by atoms with E-state index in [1.54, 1.807) is 12.1 Å². The van der Waals surface area contributed by atoms with Crippen molar-refractivity contribution in [1.82, 2.24) is 15.1 Å². The summed E-state index contributed by atoms with van der Waals surface area (Å²) in [6, 6.07) is 8.72. The van der Waals surface area contributed by atoms with E-state index in [1.807, 2.05) is 17.7 Å². The minimum absolute atomic E-state index is 0.191. The van der Waals surface area contributed by atoms with Crippen LogP contribution in [0.25, 0.3) is 0 Å². The van der Waals surface area contributed by atoms with Crippen molar-refractivity contribution in [1.29, 1.82) is 0 Å². The largest absolute Gasteiger partial charge is 0.307 e. The number of halogens is 1. The maximum Gasteiger partial charge on any atom is 0.123 e. The standard InChI is InChI=1S/C14H18FN3/c1-3-18-14(7-11(2)17-18)10-16-9-12-5-4-6-13(15)8-12/h4-8,16H,3,9-10H2,1-2H3. The predicted molar refractivity (Wildman–Crippen MR) is 69.6 cm³/mol. The van der Waals surface area contributed by atoms with Crippen molar-refractivity contribution in [3.05, 3.63) is 53.1 Å². The average Bonchev–Trinajstić information content (AvgIpc) is 2.70. The molecule has 0 atom stereocenters. The second-order valence-corrected chi connectivity index (χ2v) is 4.33. The molecule has 0 bridgehead atoms. The first-order chi connectivity index (χ1) is 8.69. The molecule has 0 saturated heterocycles. The van der Waals surface area contributed by atoms with Crippen molar-refractivity contribution >= 4 is 0 Å². The van der Waals surface area contributed by atoms with E-state index in [9.17, 15) is 4.39 Å². The van der Waals surface area contributed by atoms with Gasteiger partial charge < -0.3 is 5.32 Å². The van der Waals surface area contributed by atoms with Crippen LogP contribution in [0.2, 0.25) is 0 Å². The first-order valence-electron chi connectivity index (χ1n) is 6.17. The molecule has 0 unspecified atom stereocenters. The number of rotatable bonds is 5. The fourth-order valence-corrected chi connectivity index (χ4v) is 2.00. The SMILES string of the molecule is CCn1nc(C)cc1CNCc1cccc(F)c1. The van der Waals surface area contributed by atoms with Gasteiger partial charge in [-0.3, -0.25) is 4.68 Å². The van der Waals surface area contributed by atoms with Crippen LogP contribution in [0.4, 0.5) is 4.39 Å². The lowest BCUT2D eigenvalue weighted by molar-refractivity contribution is 0.576. The zero-order chi connectivity index (χ0) is 13.0. The summed E-state index contributed by atoms with van der Waals surface area (Å²) in [5, 5.41) is 7.69. The molecule has 0 fully saturated rings. The van der Waals surface area contributed by atoms with Crippen LogP contribution in [0, 0.1) is 12.7 Å². The van der Waals surface area contributed by atoms with Crippen molar-refractivity contribution in [2.24, 2.45) is 0 Å². The second kappa shape index (κ2) is 5.78. The average molecular weight is 247 g/mol. The summed E-state index contributed by atoms with van der Waals surface area (Å²) >= 11 is 0. The number of nitrogens with one attached hydrogen (secondary N) is 1. The van der Waals surface area contributed by atoms with Gasteiger partial charge in [0.1, 0.15) is 5.82 Å². The molecule has 4 heteroatoms. The predicted octanol–water partition coefficient (Wildman–Crippen LogP) is 2.64. The number of aromatic nitrogens is 2. The topological polar surface area (TPSA) is 29.9 Å². The van der Waals surface area contributed by atoms with Gasteiger partial charge in [-0.05, 0) is 37.6 Å². The van der Waals surface area contributed by atoms with E-state index >= 15 is 0 Å². The summed E-state index contributed by atoms with van der Waals surface area (Å²) in [4.78, 5) is 0. The zero-order valence-electron chi connectivity index (χ0n) is 10.8. The fraction of sp³-hybridized carbons (Fsp3) is 0.357. The van der Waals surface area contributed by atoms with Crippen LogP contribution in [0.1, 0.15) is 23.9 Å². The van der Waals surface area contributed by atoms with E-state index in [-0.39, 0.29) is 5.82 Å². The lowest BCUT2D eigenvalue weighted by Crippen LogP contribution is -2.16. The van der Waals surface area contributed by atoms with Gasteiger partial charge in [-0.25, -0.2) is 4.39 Å². The molecular formula is C14H18FN3. The van der Waals surface area contributed by atoms with Crippen LogP contribution >= 0.6 is 0 Å². The Kier molecular flexibility index (Phi) is 4.10. The third-order valence-electron chi connectivity index (χ3n) is 2.81. The summed E-state index contributed by atoms with van der Waals surface area (Å²) in [5.74, 6) is -0.191. The molecule has 0 aliphatic heterocycles. The van der Waals surface area contributed by atoms with E-state index in [4.69, 9.17) is 0 Å². The van der Waals surface area contributed by atoms with Gasteiger partial charge in [0.15, 0.2) is 0 Å². The van der Waals surface area contributed by atoms with Crippen LogP contribution in [0.3, 0.4) is 0 Å². The van der Waals surface area contributed by atoms with Crippen LogP contribution in [0.15, 0.2) is 30.3 Å². The van der Waals surface area contributed by atoms with Crippen molar-refractivity contribution in [2.45, 2.75) is 33.5 Å². The van der Waals surface area contributed by atoms with E-state index in [0.717, 1.165) is 30.0 Å². The highest BCUT2D eigenvalue weighted by atomic mass is 19.1. The molecule has 3 nitrogen and oxygen atoms in total. The minimum Gasteiger partial charge on any atom is -0.307 e. The van der Waals surface area contributed by atoms with Crippen LogP contribution in [-0.4, -0.2) is 9.78 Å². The van der Waals surface area contributed by atoms with Gasteiger partial charge in [0, 0.05) is 19.6 Å². The molecule has 0 spiro atoms. The quantitative estimate of drug-likeness (QED) is 0.880. The van der Waals surface area contributed by atoms with Crippen molar-refractivity contribution < 1.29 is 4.39 Å². The number of aryl methyl sites for hydroxylation is 2. The lowest BCUT2D eigenvalue weighted by atomic mass is 10.2.